The molecule has 1 heterocycles. The van der Waals surface area contributed by atoms with Crippen LogP contribution in [0, 0.1) is 5.92 Å². The Morgan fingerprint density at radius 1 is 1.16 bits per heavy atom. The van der Waals surface area contributed by atoms with Crippen LogP contribution in [0.4, 0.5) is 16.2 Å². The molecule has 7 nitrogen and oxygen atoms in total. The average molecular weight is 420 g/mol. The van der Waals surface area contributed by atoms with Gasteiger partial charge in [0.1, 0.15) is 6.54 Å². The number of rotatable bonds is 9. The second-order valence-corrected chi connectivity index (χ2v) is 8.26. The summed E-state index contributed by atoms with van der Waals surface area (Å²) in [5, 5.41) is 3.52. The maximum Gasteiger partial charge on any atom is 0.327 e. The van der Waals surface area contributed by atoms with Crippen molar-refractivity contribution in [3.8, 4) is 11.1 Å². The van der Waals surface area contributed by atoms with Crippen LogP contribution in [0.25, 0.3) is 11.1 Å². The summed E-state index contributed by atoms with van der Waals surface area (Å²) in [5.74, 6) is 6.50. The molecule has 4 rings (SSSR count). The fourth-order valence-corrected chi connectivity index (χ4v) is 3.95. The lowest BCUT2D eigenvalue weighted by atomic mass is 9.94. The van der Waals surface area contributed by atoms with Crippen molar-refractivity contribution in [3.05, 3.63) is 60.2 Å². The molecule has 0 radical (unpaired) electrons. The maximum atomic E-state index is 12.1. The number of nitrogens with two attached hydrogens (primary N) is 1. The third kappa shape index (κ3) is 4.41. The molecule has 2 fully saturated rings. The lowest BCUT2D eigenvalue weighted by Crippen LogP contribution is -2.29. The first-order valence-electron chi connectivity index (χ1n) is 10.6. The van der Waals surface area contributed by atoms with Gasteiger partial charge >= 0.3 is 6.03 Å². The molecule has 4 N–H and O–H groups in total. The zero-order valence-electron chi connectivity index (χ0n) is 17.9. The quantitative estimate of drug-likeness (QED) is 0.250. The van der Waals surface area contributed by atoms with Crippen molar-refractivity contribution in [3.63, 3.8) is 0 Å². The molecule has 162 valence electrons. The third-order valence-electron chi connectivity index (χ3n) is 5.98. The number of nitrogens with zero attached hydrogens (tertiary/aromatic N) is 2. The molecular weight excluding hydrogens is 390 g/mol. The van der Waals surface area contributed by atoms with Gasteiger partial charge in [0.15, 0.2) is 0 Å². The molecule has 0 unspecified atom stereocenters. The predicted octanol–water partition coefficient (Wildman–Crippen LogP) is 3.58. The molecule has 1 saturated heterocycles. The first-order chi connectivity index (χ1) is 15.0. The van der Waals surface area contributed by atoms with E-state index in [9.17, 15) is 9.59 Å². The number of benzene rings is 2. The monoisotopic (exact) mass is 419 g/mol. The van der Waals surface area contributed by atoms with E-state index in [2.05, 4.69) is 29.5 Å². The lowest BCUT2D eigenvalue weighted by Gasteiger charge is -2.19. The van der Waals surface area contributed by atoms with Gasteiger partial charge in [-0.1, -0.05) is 36.4 Å². The molecule has 1 aliphatic carbocycles. The van der Waals surface area contributed by atoms with Crippen LogP contribution in [0.3, 0.4) is 0 Å². The molecule has 1 aliphatic heterocycles. The van der Waals surface area contributed by atoms with Gasteiger partial charge in [0.25, 0.3) is 0 Å². The van der Waals surface area contributed by atoms with Crippen molar-refractivity contribution in [2.75, 3.05) is 30.9 Å². The molecular formula is C24H29N5O2. The van der Waals surface area contributed by atoms with Crippen molar-refractivity contribution in [1.82, 2.24) is 9.80 Å². The second-order valence-electron chi connectivity index (χ2n) is 8.26. The highest BCUT2D eigenvalue weighted by Crippen LogP contribution is 2.37. The number of carbonyl (C=O) groups is 2. The molecule has 0 bridgehead atoms. The first kappa shape index (κ1) is 20.9. The minimum Gasteiger partial charge on any atom is -0.383 e. The molecule has 1 saturated carbocycles. The molecule has 0 atom stereocenters. The molecule has 0 spiro atoms. The van der Waals surface area contributed by atoms with Gasteiger partial charge in [-0.25, -0.2) is 4.79 Å². The molecule has 31 heavy (non-hydrogen) atoms. The molecule has 3 amide bonds. The lowest BCUT2D eigenvalue weighted by molar-refractivity contribution is -0.124. The number of hydrazine groups is 1. The zero-order chi connectivity index (χ0) is 22.0. The fraction of sp³-hybridized carbons (Fsp3) is 0.333. The van der Waals surface area contributed by atoms with Crippen LogP contribution in [0.2, 0.25) is 0 Å². The minimum absolute atomic E-state index is 0.126. The van der Waals surface area contributed by atoms with Crippen molar-refractivity contribution >= 4 is 23.3 Å². The normalized spacial score (nSPS) is 16.1. The van der Waals surface area contributed by atoms with Crippen LogP contribution in [0.1, 0.15) is 24.0 Å². The number of hydrogen-bond acceptors (Lipinski definition) is 5. The number of amides is 3. The van der Waals surface area contributed by atoms with Gasteiger partial charge in [-0.05, 0) is 53.5 Å². The van der Waals surface area contributed by atoms with E-state index in [1.54, 1.807) is 4.90 Å². The largest absolute Gasteiger partial charge is 0.383 e. The summed E-state index contributed by atoms with van der Waals surface area (Å²) in [6.45, 7) is 5.41. The van der Waals surface area contributed by atoms with Crippen LogP contribution in [0.5, 0.6) is 0 Å². The van der Waals surface area contributed by atoms with Gasteiger partial charge < -0.3 is 15.6 Å². The highest BCUT2D eigenvalue weighted by molar-refractivity contribution is 6.01. The standard InChI is InChI=1S/C24H29N5O2/c1-3-4-20-19(11-12-21(23(20)27-25)26-13-16-5-6-16)18-9-7-17(8-10-18)14-29-15-22(30)28(2)24(29)31/h3,7-12,16,26-27H,1,4-6,13-15,25H2,2H3. The summed E-state index contributed by atoms with van der Waals surface area (Å²) in [7, 11) is 1.52. The number of nitrogens with one attached hydrogen (secondary N) is 2. The van der Waals surface area contributed by atoms with Gasteiger partial charge in [0.05, 0.1) is 11.4 Å². The summed E-state index contributed by atoms with van der Waals surface area (Å²) >= 11 is 0. The van der Waals surface area contributed by atoms with Crippen molar-refractivity contribution in [2.45, 2.75) is 25.8 Å². The molecule has 2 aromatic carbocycles. The number of nitrogen functional groups attached to an aromatic ring is 1. The molecule has 7 heteroatoms. The Kier molecular flexibility index (Phi) is 5.95. The Bertz CT molecular complexity index is 998. The second kappa shape index (κ2) is 8.81. The van der Waals surface area contributed by atoms with Crippen molar-refractivity contribution in [2.24, 2.45) is 11.8 Å². The highest BCUT2D eigenvalue weighted by Gasteiger charge is 2.32. The first-order valence-corrected chi connectivity index (χ1v) is 10.6. The molecule has 0 aromatic heterocycles. The van der Waals surface area contributed by atoms with E-state index < -0.39 is 0 Å². The Hall–Kier alpha value is -3.32. The topological polar surface area (TPSA) is 90.7 Å². The average Bonchev–Trinajstić information content (AvgIpc) is 3.57. The number of hydrogen-bond donors (Lipinski definition) is 3. The van der Waals surface area contributed by atoms with E-state index >= 15 is 0 Å². The Labute approximate surface area is 182 Å². The van der Waals surface area contributed by atoms with E-state index in [1.807, 2.05) is 30.3 Å². The highest BCUT2D eigenvalue weighted by atomic mass is 16.2. The van der Waals surface area contributed by atoms with E-state index in [0.29, 0.717) is 13.0 Å². The Balaban J connectivity index is 1.57. The Morgan fingerprint density at radius 3 is 2.48 bits per heavy atom. The van der Waals surface area contributed by atoms with Crippen molar-refractivity contribution < 1.29 is 9.59 Å². The van der Waals surface area contributed by atoms with Crippen LogP contribution in [-0.4, -0.2) is 41.9 Å². The maximum absolute atomic E-state index is 12.1. The summed E-state index contributed by atoms with van der Waals surface area (Å²) in [6, 6.07) is 12.0. The number of likely N-dealkylation sites (N-methyl/N-ethyl adjacent to an activating group) is 1. The summed E-state index contributed by atoms with van der Waals surface area (Å²) in [6.07, 6.45) is 5.14. The number of anilines is 2. The Morgan fingerprint density at radius 2 is 1.90 bits per heavy atom. The summed E-state index contributed by atoms with van der Waals surface area (Å²) < 4.78 is 0. The SMILES string of the molecule is C=CCc1c(-c2ccc(CN3CC(=O)N(C)C3=O)cc2)ccc(NCC2CC2)c1NN. The van der Waals surface area contributed by atoms with E-state index in [4.69, 9.17) is 5.84 Å². The third-order valence-corrected chi connectivity index (χ3v) is 5.98. The van der Waals surface area contributed by atoms with E-state index in [0.717, 1.165) is 51.0 Å². The fourth-order valence-electron chi connectivity index (χ4n) is 3.95. The number of carbonyl (C=O) groups excluding carboxylic acids is 2. The molecule has 2 aromatic rings. The predicted molar refractivity (Wildman–Crippen MR) is 123 cm³/mol. The van der Waals surface area contributed by atoms with Crippen LogP contribution >= 0.6 is 0 Å². The summed E-state index contributed by atoms with van der Waals surface area (Å²) in [5.41, 5.74) is 9.00. The minimum atomic E-state index is -0.254. The van der Waals surface area contributed by atoms with E-state index in [-0.39, 0.29) is 18.5 Å². The van der Waals surface area contributed by atoms with Crippen LogP contribution < -0.4 is 16.6 Å². The van der Waals surface area contributed by atoms with Crippen LogP contribution in [-0.2, 0) is 17.8 Å². The van der Waals surface area contributed by atoms with Gasteiger partial charge in [-0.2, -0.15) is 0 Å². The van der Waals surface area contributed by atoms with E-state index in [1.165, 1.54) is 19.9 Å². The van der Waals surface area contributed by atoms with Gasteiger partial charge in [0, 0.05) is 20.1 Å². The molecule has 2 aliphatic rings. The smallest absolute Gasteiger partial charge is 0.327 e. The number of imide groups is 1. The van der Waals surface area contributed by atoms with Gasteiger partial charge in [-0.3, -0.25) is 15.5 Å². The van der Waals surface area contributed by atoms with Gasteiger partial charge in [-0.15, -0.1) is 6.58 Å². The zero-order valence-corrected chi connectivity index (χ0v) is 17.9. The van der Waals surface area contributed by atoms with Gasteiger partial charge in [0.2, 0.25) is 5.91 Å². The van der Waals surface area contributed by atoms with Crippen molar-refractivity contribution in [1.29, 1.82) is 0 Å². The summed E-state index contributed by atoms with van der Waals surface area (Å²) in [4.78, 5) is 26.6. The van der Waals surface area contributed by atoms with Crippen LogP contribution in [0.15, 0.2) is 49.1 Å². The number of urea groups is 1. The number of allylic oxidation sites excluding steroid dienone is 1.